The molecule has 0 heterocycles. The van der Waals surface area contributed by atoms with Gasteiger partial charge >= 0.3 is 0 Å². The number of carbonyl (C=O) groups is 1. The van der Waals surface area contributed by atoms with E-state index in [4.69, 9.17) is 0 Å². The summed E-state index contributed by atoms with van der Waals surface area (Å²) < 4.78 is 0. The van der Waals surface area contributed by atoms with Crippen LogP contribution in [0.3, 0.4) is 0 Å². The Morgan fingerprint density at radius 3 is 2.87 bits per heavy atom. The summed E-state index contributed by atoms with van der Waals surface area (Å²) in [6.07, 6.45) is 10.7. The first kappa shape index (κ1) is 10.9. The monoisotopic (exact) mass is 206 g/mol. The van der Waals surface area contributed by atoms with Crippen molar-refractivity contribution < 1.29 is 4.79 Å². The highest BCUT2D eigenvalue weighted by molar-refractivity contribution is 5.97. The minimum absolute atomic E-state index is 0.472. The van der Waals surface area contributed by atoms with E-state index in [1.807, 2.05) is 0 Å². The lowest BCUT2D eigenvalue weighted by molar-refractivity contribution is -0.116. The molecule has 0 amide bonds. The first-order chi connectivity index (χ1) is 7.33. The molecule has 0 aromatic carbocycles. The van der Waals surface area contributed by atoms with E-state index in [9.17, 15) is 4.79 Å². The van der Waals surface area contributed by atoms with Gasteiger partial charge in [-0.25, -0.2) is 0 Å². The van der Waals surface area contributed by atoms with Crippen molar-refractivity contribution in [2.75, 3.05) is 0 Å². The van der Waals surface area contributed by atoms with Gasteiger partial charge in [-0.3, -0.25) is 4.79 Å². The maximum atomic E-state index is 11.9. The molecule has 2 rings (SSSR count). The highest BCUT2D eigenvalue weighted by atomic mass is 16.1. The summed E-state index contributed by atoms with van der Waals surface area (Å²) in [4.78, 5) is 11.9. The molecule has 1 nitrogen and oxygen atoms in total. The van der Waals surface area contributed by atoms with Gasteiger partial charge in [0.05, 0.1) is 0 Å². The highest BCUT2D eigenvalue weighted by Gasteiger charge is 2.30. The predicted octanol–water partition coefficient (Wildman–Crippen LogP) is 4.03. The number of unbranched alkanes of at least 4 members (excludes halogenated alkanes) is 2. The summed E-state index contributed by atoms with van der Waals surface area (Å²) in [5.41, 5.74) is 2.81. The lowest BCUT2D eigenvalue weighted by atomic mass is 9.82. The summed E-state index contributed by atoms with van der Waals surface area (Å²) in [5.74, 6) is 1.26. The number of carbonyl (C=O) groups excluding carboxylic acids is 1. The van der Waals surface area contributed by atoms with Crippen LogP contribution in [0.5, 0.6) is 0 Å². The lowest BCUT2D eigenvalue weighted by Crippen LogP contribution is -2.16. The molecule has 1 saturated carbocycles. The van der Waals surface area contributed by atoms with Crippen LogP contribution in [0.1, 0.15) is 64.7 Å². The van der Waals surface area contributed by atoms with Crippen LogP contribution in [0, 0.1) is 5.92 Å². The second-order valence-electron chi connectivity index (χ2n) is 5.01. The van der Waals surface area contributed by atoms with Crippen molar-refractivity contribution in [1.29, 1.82) is 0 Å². The van der Waals surface area contributed by atoms with E-state index in [0.717, 1.165) is 25.2 Å². The zero-order valence-electron chi connectivity index (χ0n) is 9.85. The molecule has 0 aliphatic heterocycles. The van der Waals surface area contributed by atoms with Crippen molar-refractivity contribution in [2.24, 2.45) is 5.92 Å². The van der Waals surface area contributed by atoms with Crippen LogP contribution in [-0.4, -0.2) is 5.78 Å². The fourth-order valence-electron chi connectivity index (χ4n) is 3.12. The standard InChI is InChI=1S/C14H22O/c1-2-3-4-7-13-12-8-5-6-11(12)9-10-14(13)15/h11H,2-10H2,1H3. The number of hydrogen-bond acceptors (Lipinski definition) is 1. The van der Waals surface area contributed by atoms with Crippen LogP contribution in [0.15, 0.2) is 11.1 Å². The van der Waals surface area contributed by atoms with Gasteiger partial charge in [0.2, 0.25) is 0 Å². The Hall–Kier alpha value is -0.590. The Balaban J connectivity index is 2.06. The minimum atomic E-state index is 0.472. The summed E-state index contributed by atoms with van der Waals surface area (Å²) >= 11 is 0. The molecule has 0 bridgehead atoms. The maximum Gasteiger partial charge on any atom is 0.158 e. The van der Waals surface area contributed by atoms with Crippen molar-refractivity contribution in [3.05, 3.63) is 11.1 Å². The number of fused-ring (bicyclic) bond motifs is 1. The third kappa shape index (κ3) is 2.32. The minimum Gasteiger partial charge on any atom is -0.295 e. The Morgan fingerprint density at radius 1 is 1.20 bits per heavy atom. The molecule has 2 aliphatic carbocycles. The largest absolute Gasteiger partial charge is 0.295 e. The maximum absolute atomic E-state index is 11.9. The summed E-state index contributed by atoms with van der Waals surface area (Å²) in [5, 5.41) is 0. The molecule has 2 aliphatic rings. The van der Waals surface area contributed by atoms with Crippen LogP contribution < -0.4 is 0 Å². The van der Waals surface area contributed by atoms with Gasteiger partial charge in [0.1, 0.15) is 0 Å². The van der Waals surface area contributed by atoms with Crippen molar-refractivity contribution in [3.63, 3.8) is 0 Å². The van der Waals surface area contributed by atoms with Crippen molar-refractivity contribution in [1.82, 2.24) is 0 Å². The smallest absolute Gasteiger partial charge is 0.158 e. The molecule has 0 aromatic heterocycles. The van der Waals surface area contributed by atoms with Gasteiger partial charge in [-0.1, -0.05) is 25.3 Å². The van der Waals surface area contributed by atoms with Gasteiger partial charge in [-0.15, -0.1) is 0 Å². The normalized spacial score (nSPS) is 25.9. The Kier molecular flexibility index (Phi) is 3.61. The second kappa shape index (κ2) is 4.96. The average molecular weight is 206 g/mol. The summed E-state index contributed by atoms with van der Waals surface area (Å²) in [6, 6.07) is 0. The van der Waals surface area contributed by atoms with Gasteiger partial charge in [0.15, 0.2) is 5.78 Å². The first-order valence-electron chi connectivity index (χ1n) is 6.58. The quantitative estimate of drug-likeness (QED) is 0.635. The van der Waals surface area contributed by atoms with Gasteiger partial charge in [-0.2, -0.15) is 0 Å². The van der Waals surface area contributed by atoms with Gasteiger partial charge in [0, 0.05) is 6.42 Å². The molecule has 15 heavy (non-hydrogen) atoms. The van der Waals surface area contributed by atoms with Crippen molar-refractivity contribution >= 4 is 5.78 Å². The van der Waals surface area contributed by atoms with Crippen LogP contribution in [0.25, 0.3) is 0 Å². The number of ketones is 1. The molecule has 0 saturated heterocycles. The zero-order valence-corrected chi connectivity index (χ0v) is 9.85. The molecule has 1 unspecified atom stereocenters. The van der Waals surface area contributed by atoms with Crippen molar-refractivity contribution in [2.45, 2.75) is 64.7 Å². The molecule has 0 aromatic rings. The topological polar surface area (TPSA) is 17.1 Å². The molecule has 84 valence electrons. The Morgan fingerprint density at radius 2 is 2.07 bits per heavy atom. The predicted molar refractivity (Wildman–Crippen MR) is 62.8 cm³/mol. The van der Waals surface area contributed by atoms with E-state index >= 15 is 0 Å². The molecule has 0 spiro atoms. The van der Waals surface area contributed by atoms with Crippen LogP contribution in [0.2, 0.25) is 0 Å². The van der Waals surface area contributed by atoms with E-state index in [1.54, 1.807) is 5.57 Å². The first-order valence-corrected chi connectivity index (χ1v) is 6.58. The molecule has 0 N–H and O–H groups in total. The summed E-state index contributed by atoms with van der Waals surface area (Å²) in [7, 11) is 0. The number of allylic oxidation sites excluding steroid dienone is 2. The van der Waals surface area contributed by atoms with E-state index in [0.29, 0.717) is 5.78 Å². The molecular weight excluding hydrogens is 184 g/mol. The zero-order chi connectivity index (χ0) is 10.7. The third-order valence-electron chi connectivity index (χ3n) is 3.97. The second-order valence-corrected chi connectivity index (χ2v) is 5.01. The van der Waals surface area contributed by atoms with Crippen LogP contribution in [0.4, 0.5) is 0 Å². The van der Waals surface area contributed by atoms with E-state index < -0.39 is 0 Å². The fraction of sp³-hybridized carbons (Fsp3) is 0.786. The molecular formula is C14H22O. The molecule has 1 fully saturated rings. The van der Waals surface area contributed by atoms with Gasteiger partial charge in [-0.05, 0) is 50.0 Å². The van der Waals surface area contributed by atoms with Crippen molar-refractivity contribution in [3.8, 4) is 0 Å². The van der Waals surface area contributed by atoms with Crippen LogP contribution >= 0.6 is 0 Å². The molecule has 0 radical (unpaired) electrons. The molecule has 1 atom stereocenters. The van der Waals surface area contributed by atoms with Gasteiger partial charge in [0.25, 0.3) is 0 Å². The third-order valence-corrected chi connectivity index (χ3v) is 3.97. The van der Waals surface area contributed by atoms with E-state index in [2.05, 4.69) is 6.92 Å². The van der Waals surface area contributed by atoms with E-state index in [-0.39, 0.29) is 0 Å². The van der Waals surface area contributed by atoms with Gasteiger partial charge < -0.3 is 0 Å². The Labute approximate surface area is 92.9 Å². The number of Topliss-reactive ketones (excluding diaryl/α,β-unsaturated/α-hetero) is 1. The lowest BCUT2D eigenvalue weighted by Gasteiger charge is -2.22. The van der Waals surface area contributed by atoms with E-state index in [1.165, 1.54) is 44.1 Å². The highest BCUT2D eigenvalue weighted by Crippen LogP contribution is 2.41. The molecule has 1 heteroatoms. The number of rotatable bonds is 4. The Bertz CT molecular complexity index is 275. The average Bonchev–Trinajstić information content (AvgIpc) is 2.69. The summed E-state index contributed by atoms with van der Waals surface area (Å²) in [6.45, 7) is 2.22. The SMILES string of the molecule is CCCCCC1=C2CCCC2CCC1=O. The number of hydrogen-bond donors (Lipinski definition) is 0. The fourth-order valence-corrected chi connectivity index (χ4v) is 3.12. The van der Waals surface area contributed by atoms with Crippen LogP contribution in [-0.2, 0) is 4.79 Å².